The summed E-state index contributed by atoms with van der Waals surface area (Å²) in [5.74, 6) is 2.88. The maximum absolute atomic E-state index is 5.26. The molecule has 150 valence electrons. The molecular weight excluding hydrogens is 350 g/mol. The normalized spacial score (nSPS) is 18.1. The second-order valence-electron chi connectivity index (χ2n) is 7.74. The molecule has 2 aliphatic rings. The number of piperazine rings is 1. The molecule has 0 N–H and O–H groups in total. The molecule has 2 aliphatic heterocycles. The monoisotopic (exact) mass is 381 g/mol. The molecule has 0 atom stereocenters. The number of nitrogens with zero attached hydrogens (tertiary/aromatic N) is 5. The van der Waals surface area contributed by atoms with E-state index < -0.39 is 0 Å². The molecule has 6 nitrogen and oxygen atoms in total. The number of hydrogen-bond acceptors (Lipinski definition) is 6. The van der Waals surface area contributed by atoms with E-state index in [1.165, 1.54) is 31.4 Å². The zero-order valence-corrected chi connectivity index (χ0v) is 17.1. The number of aryl methyl sites for hydroxylation is 1. The predicted octanol–water partition coefficient (Wildman–Crippen LogP) is 3.50. The van der Waals surface area contributed by atoms with Crippen LogP contribution in [0.25, 0.3) is 0 Å². The summed E-state index contributed by atoms with van der Waals surface area (Å²) in [6.45, 7) is 8.14. The van der Waals surface area contributed by atoms with E-state index >= 15 is 0 Å². The van der Waals surface area contributed by atoms with Crippen LogP contribution in [0, 0.1) is 6.92 Å². The lowest BCUT2D eigenvalue weighted by Gasteiger charge is -2.36. The lowest BCUT2D eigenvalue weighted by atomic mass is 10.2. The van der Waals surface area contributed by atoms with Gasteiger partial charge in [-0.3, -0.25) is 0 Å². The van der Waals surface area contributed by atoms with Crippen molar-refractivity contribution >= 4 is 17.5 Å². The van der Waals surface area contributed by atoms with E-state index in [2.05, 4.69) is 39.8 Å². The number of ether oxygens (including phenoxy) is 1. The Balaban J connectivity index is 1.43. The van der Waals surface area contributed by atoms with Crippen LogP contribution >= 0.6 is 0 Å². The van der Waals surface area contributed by atoms with E-state index in [0.29, 0.717) is 0 Å². The minimum Gasteiger partial charge on any atom is -0.497 e. The summed E-state index contributed by atoms with van der Waals surface area (Å²) in [5, 5.41) is 0. The van der Waals surface area contributed by atoms with Crippen LogP contribution in [-0.4, -0.2) is 56.3 Å². The fourth-order valence-electron chi connectivity index (χ4n) is 4.10. The highest BCUT2D eigenvalue weighted by atomic mass is 16.5. The van der Waals surface area contributed by atoms with Crippen molar-refractivity contribution in [3.8, 4) is 5.75 Å². The molecule has 4 rings (SSSR count). The van der Waals surface area contributed by atoms with Gasteiger partial charge >= 0.3 is 0 Å². The molecule has 0 amide bonds. The SMILES string of the molecule is COc1ccc(N2CCN(c3nc(C)cc(N4CCCCCC4)n3)CC2)cc1. The highest BCUT2D eigenvalue weighted by molar-refractivity contribution is 5.52. The van der Waals surface area contributed by atoms with Gasteiger partial charge in [-0.15, -0.1) is 0 Å². The molecule has 0 unspecified atom stereocenters. The van der Waals surface area contributed by atoms with Gasteiger partial charge in [-0.2, -0.15) is 4.98 Å². The Morgan fingerprint density at radius 1 is 0.750 bits per heavy atom. The first kappa shape index (κ1) is 18.8. The Labute approximate surface area is 168 Å². The van der Waals surface area contributed by atoms with Gasteiger partial charge in [-0.1, -0.05) is 12.8 Å². The van der Waals surface area contributed by atoms with E-state index in [1.807, 2.05) is 12.1 Å². The van der Waals surface area contributed by atoms with Gasteiger partial charge in [0.05, 0.1) is 7.11 Å². The van der Waals surface area contributed by atoms with Gasteiger partial charge in [-0.05, 0) is 44.0 Å². The summed E-state index contributed by atoms with van der Waals surface area (Å²) in [6, 6.07) is 10.5. The number of hydrogen-bond donors (Lipinski definition) is 0. The Bertz CT molecular complexity index is 763. The maximum Gasteiger partial charge on any atom is 0.227 e. The average molecular weight is 382 g/mol. The summed E-state index contributed by atoms with van der Waals surface area (Å²) in [5.41, 5.74) is 2.30. The highest BCUT2D eigenvalue weighted by Crippen LogP contribution is 2.24. The molecular formula is C22H31N5O. The van der Waals surface area contributed by atoms with Crippen LogP contribution < -0.4 is 19.4 Å². The third-order valence-electron chi connectivity index (χ3n) is 5.76. The first-order chi connectivity index (χ1) is 13.7. The summed E-state index contributed by atoms with van der Waals surface area (Å²) in [7, 11) is 1.70. The summed E-state index contributed by atoms with van der Waals surface area (Å²) in [6.07, 6.45) is 5.19. The van der Waals surface area contributed by atoms with Crippen molar-refractivity contribution in [3.05, 3.63) is 36.0 Å². The molecule has 0 spiro atoms. The van der Waals surface area contributed by atoms with Crippen molar-refractivity contribution < 1.29 is 4.74 Å². The lowest BCUT2D eigenvalue weighted by molar-refractivity contribution is 0.415. The van der Waals surface area contributed by atoms with Crippen molar-refractivity contribution in [3.63, 3.8) is 0 Å². The molecule has 2 saturated heterocycles. The minimum atomic E-state index is 0.883. The van der Waals surface area contributed by atoms with E-state index in [9.17, 15) is 0 Å². The first-order valence-electron chi connectivity index (χ1n) is 10.5. The van der Waals surface area contributed by atoms with Crippen LogP contribution in [0.4, 0.5) is 17.5 Å². The van der Waals surface area contributed by atoms with Gasteiger partial charge in [0.1, 0.15) is 11.6 Å². The first-order valence-corrected chi connectivity index (χ1v) is 10.5. The van der Waals surface area contributed by atoms with Gasteiger partial charge in [0, 0.05) is 56.7 Å². The van der Waals surface area contributed by atoms with Crippen molar-refractivity contribution in [2.24, 2.45) is 0 Å². The number of methoxy groups -OCH3 is 1. The quantitative estimate of drug-likeness (QED) is 0.808. The van der Waals surface area contributed by atoms with Crippen LogP contribution in [-0.2, 0) is 0 Å². The van der Waals surface area contributed by atoms with E-state index in [-0.39, 0.29) is 0 Å². The van der Waals surface area contributed by atoms with Crippen LogP contribution in [0.15, 0.2) is 30.3 Å². The molecule has 2 fully saturated rings. The fourth-order valence-corrected chi connectivity index (χ4v) is 4.10. The number of benzene rings is 1. The fraction of sp³-hybridized carbons (Fsp3) is 0.545. The summed E-state index contributed by atoms with van der Waals surface area (Å²) < 4.78 is 5.26. The zero-order valence-electron chi connectivity index (χ0n) is 17.1. The van der Waals surface area contributed by atoms with E-state index in [4.69, 9.17) is 14.7 Å². The number of aromatic nitrogens is 2. The van der Waals surface area contributed by atoms with Gasteiger partial charge in [0.2, 0.25) is 5.95 Å². The van der Waals surface area contributed by atoms with E-state index in [1.54, 1.807) is 7.11 Å². The Kier molecular flexibility index (Phi) is 5.84. The second kappa shape index (κ2) is 8.67. The number of anilines is 3. The maximum atomic E-state index is 5.26. The molecule has 1 aromatic carbocycles. The van der Waals surface area contributed by atoms with Crippen LogP contribution in [0.5, 0.6) is 5.75 Å². The molecule has 28 heavy (non-hydrogen) atoms. The third kappa shape index (κ3) is 4.32. The summed E-state index contributed by atoms with van der Waals surface area (Å²) in [4.78, 5) is 16.9. The molecule has 1 aromatic heterocycles. The Morgan fingerprint density at radius 2 is 1.39 bits per heavy atom. The predicted molar refractivity (Wildman–Crippen MR) is 115 cm³/mol. The van der Waals surface area contributed by atoms with Crippen LogP contribution in [0.1, 0.15) is 31.4 Å². The van der Waals surface area contributed by atoms with Gasteiger partial charge < -0.3 is 19.4 Å². The standard InChI is InChI=1S/C22H31N5O/c1-18-17-21(26-11-5-3-4-6-12-26)24-22(23-18)27-15-13-25(14-16-27)19-7-9-20(28-2)10-8-19/h7-10,17H,3-6,11-16H2,1-2H3. The smallest absolute Gasteiger partial charge is 0.227 e. The highest BCUT2D eigenvalue weighted by Gasteiger charge is 2.21. The van der Waals surface area contributed by atoms with Crippen LogP contribution in [0.2, 0.25) is 0 Å². The molecule has 3 heterocycles. The Hall–Kier alpha value is -2.50. The molecule has 0 radical (unpaired) electrons. The van der Waals surface area contributed by atoms with Crippen molar-refractivity contribution in [2.75, 3.05) is 61.1 Å². The lowest BCUT2D eigenvalue weighted by Crippen LogP contribution is -2.47. The van der Waals surface area contributed by atoms with Crippen LogP contribution in [0.3, 0.4) is 0 Å². The zero-order chi connectivity index (χ0) is 19.3. The molecule has 6 heteroatoms. The van der Waals surface area contributed by atoms with Gasteiger partial charge in [0.15, 0.2) is 0 Å². The topological polar surface area (TPSA) is 44.7 Å². The molecule has 0 saturated carbocycles. The third-order valence-corrected chi connectivity index (χ3v) is 5.76. The molecule has 0 aliphatic carbocycles. The van der Waals surface area contributed by atoms with E-state index in [0.717, 1.165) is 62.5 Å². The van der Waals surface area contributed by atoms with Crippen molar-refractivity contribution in [2.45, 2.75) is 32.6 Å². The summed E-state index contributed by atoms with van der Waals surface area (Å²) >= 11 is 0. The van der Waals surface area contributed by atoms with Crippen molar-refractivity contribution in [1.29, 1.82) is 0 Å². The molecule has 2 aromatic rings. The average Bonchev–Trinajstić information content (AvgIpc) is 3.03. The number of rotatable bonds is 4. The van der Waals surface area contributed by atoms with Gasteiger partial charge in [-0.25, -0.2) is 4.98 Å². The van der Waals surface area contributed by atoms with Gasteiger partial charge in [0.25, 0.3) is 0 Å². The van der Waals surface area contributed by atoms with Crippen molar-refractivity contribution in [1.82, 2.24) is 9.97 Å². The minimum absolute atomic E-state index is 0.883. The Morgan fingerprint density at radius 3 is 2.04 bits per heavy atom. The largest absolute Gasteiger partial charge is 0.497 e. The second-order valence-corrected chi connectivity index (χ2v) is 7.74. The molecule has 0 bridgehead atoms.